The fourth-order valence-electron chi connectivity index (χ4n) is 1.88. The minimum Gasteiger partial charge on any atom is -0.419 e. The fourth-order valence-corrected chi connectivity index (χ4v) is 2.11. The van der Waals surface area contributed by atoms with E-state index < -0.39 is 17.7 Å². The lowest BCUT2D eigenvalue weighted by Gasteiger charge is -2.29. The third kappa shape index (κ3) is 4.26. The van der Waals surface area contributed by atoms with Crippen molar-refractivity contribution in [3.63, 3.8) is 0 Å². The molecule has 1 aromatic carbocycles. The Kier molecular flexibility index (Phi) is 5.14. The van der Waals surface area contributed by atoms with Crippen molar-refractivity contribution in [1.29, 1.82) is 0 Å². The van der Waals surface area contributed by atoms with Crippen LogP contribution < -0.4 is 10.6 Å². The van der Waals surface area contributed by atoms with E-state index in [4.69, 9.17) is 21.1 Å². The van der Waals surface area contributed by atoms with E-state index in [1.807, 2.05) is 0 Å². The Morgan fingerprint density at radius 3 is 2.42 bits per heavy atom. The molecule has 1 aromatic rings. The average molecular weight is 353 g/mol. The maximum Gasteiger partial charge on any atom is 0.350 e. The van der Waals surface area contributed by atoms with E-state index in [-0.39, 0.29) is 11.5 Å². The summed E-state index contributed by atoms with van der Waals surface area (Å²) in [5, 5.41) is 5.75. The quantitative estimate of drug-likeness (QED) is 0.491. The first kappa shape index (κ1) is 17.8. The Balaban J connectivity index is 2.11. The lowest BCUT2D eigenvalue weighted by atomic mass is 10.2. The SMILES string of the molecule is CCC(=O)Nc1ccc(NC=C2C(=O)OC(C)(C)OC2=O)cc1Cl. The molecule has 1 fully saturated rings. The maximum absolute atomic E-state index is 11.8. The number of hydrogen-bond donors (Lipinski definition) is 2. The van der Waals surface area contributed by atoms with E-state index in [0.29, 0.717) is 22.8 Å². The number of amides is 1. The second kappa shape index (κ2) is 6.92. The number of anilines is 2. The van der Waals surface area contributed by atoms with Gasteiger partial charge in [0.2, 0.25) is 5.91 Å². The molecule has 0 aromatic heterocycles. The molecule has 1 amide bonds. The van der Waals surface area contributed by atoms with Crippen LogP contribution in [0.5, 0.6) is 0 Å². The molecule has 24 heavy (non-hydrogen) atoms. The molecule has 8 heteroatoms. The van der Waals surface area contributed by atoms with Crippen LogP contribution in [0.15, 0.2) is 30.0 Å². The number of benzene rings is 1. The highest BCUT2D eigenvalue weighted by Gasteiger charge is 2.38. The van der Waals surface area contributed by atoms with Crippen LogP contribution in [0, 0.1) is 0 Å². The van der Waals surface area contributed by atoms with Gasteiger partial charge in [-0.05, 0) is 18.2 Å². The summed E-state index contributed by atoms with van der Waals surface area (Å²) in [6, 6.07) is 4.79. The molecule has 1 heterocycles. The highest BCUT2D eigenvalue weighted by atomic mass is 35.5. The number of esters is 2. The zero-order valence-electron chi connectivity index (χ0n) is 13.4. The van der Waals surface area contributed by atoms with Crippen LogP contribution >= 0.6 is 11.6 Å². The third-order valence-corrected chi connectivity index (χ3v) is 3.38. The van der Waals surface area contributed by atoms with Gasteiger partial charge in [0.05, 0.1) is 10.7 Å². The molecule has 0 spiro atoms. The molecule has 0 saturated carbocycles. The molecule has 0 atom stereocenters. The zero-order chi connectivity index (χ0) is 17.9. The molecule has 1 saturated heterocycles. The molecule has 2 N–H and O–H groups in total. The molecule has 0 unspecified atom stereocenters. The Bertz CT molecular complexity index is 705. The normalized spacial score (nSPS) is 16.1. The molecule has 1 aliphatic heterocycles. The van der Waals surface area contributed by atoms with E-state index in [1.165, 1.54) is 20.0 Å². The van der Waals surface area contributed by atoms with Gasteiger partial charge in [0.1, 0.15) is 0 Å². The first-order valence-corrected chi connectivity index (χ1v) is 7.62. The number of halogens is 1. The standard InChI is InChI=1S/C16H17ClN2O5/c1-4-13(20)19-12-6-5-9(7-11(12)17)18-8-10-14(21)23-16(2,3)24-15(10)22/h5-8,18H,4H2,1-3H3,(H,19,20). The van der Waals surface area contributed by atoms with Gasteiger partial charge in [-0.25, -0.2) is 9.59 Å². The Morgan fingerprint density at radius 2 is 1.88 bits per heavy atom. The second-order valence-corrected chi connectivity index (χ2v) is 5.88. The van der Waals surface area contributed by atoms with Crippen molar-refractivity contribution in [3.8, 4) is 0 Å². The van der Waals surface area contributed by atoms with Crippen molar-refractivity contribution in [2.24, 2.45) is 0 Å². The smallest absolute Gasteiger partial charge is 0.350 e. The van der Waals surface area contributed by atoms with E-state index in [2.05, 4.69) is 10.6 Å². The number of carbonyl (C=O) groups excluding carboxylic acids is 3. The number of ether oxygens (including phenoxy) is 2. The predicted molar refractivity (Wildman–Crippen MR) is 88.3 cm³/mol. The van der Waals surface area contributed by atoms with E-state index in [9.17, 15) is 14.4 Å². The molecule has 2 rings (SSSR count). The van der Waals surface area contributed by atoms with Gasteiger partial charge < -0.3 is 20.1 Å². The van der Waals surface area contributed by atoms with Crippen LogP contribution in [-0.2, 0) is 23.9 Å². The molecule has 128 valence electrons. The summed E-state index contributed by atoms with van der Waals surface area (Å²) < 4.78 is 9.96. The van der Waals surface area contributed by atoms with Crippen molar-refractivity contribution < 1.29 is 23.9 Å². The summed E-state index contributed by atoms with van der Waals surface area (Å²) in [6.45, 7) is 4.67. The van der Waals surface area contributed by atoms with E-state index >= 15 is 0 Å². The van der Waals surface area contributed by atoms with Gasteiger partial charge in [0, 0.05) is 32.2 Å². The lowest BCUT2D eigenvalue weighted by molar-refractivity contribution is -0.222. The van der Waals surface area contributed by atoms with E-state index in [0.717, 1.165) is 0 Å². The largest absolute Gasteiger partial charge is 0.419 e. The molecule has 0 aliphatic carbocycles. The van der Waals surface area contributed by atoms with Crippen molar-refractivity contribution in [2.45, 2.75) is 33.0 Å². The topological polar surface area (TPSA) is 93.7 Å². The minimum atomic E-state index is -1.28. The summed E-state index contributed by atoms with van der Waals surface area (Å²) >= 11 is 6.09. The Hall–Kier alpha value is -2.54. The number of carbonyl (C=O) groups is 3. The molecular weight excluding hydrogens is 336 g/mol. The monoisotopic (exact) mass is 352 g/mol. The molecule has 0 radical (unpaired) electrons. The summed E-state index contributed by atoms with van der Waals surface area (Å²) in [5.41, 5.74) is 0.737. The van der Waals surface area contributed by atoms with Gasteiger partial charge in [-0.3, -0.25) is 4.79 Å². The Morgan fingerprint density at radius 1 is 1.25 bits per heavy atom. The van der Waals surface area contributed by atoms with Crippen molar-refractivity contribution in [1.82, 2.24) is 0 Å². The molecule has 0 bridgehead atoms. The summed E-state index contributed by atoms with van der Waals surface area (Å²) in [4.78, 5) is 35.0. The van der Waals surface area contributed by atoms with Crippen LogP contribution in [0.1, 0.15) is 27.2 Å². The van der Waals surface area contributed by atoms with Crippen LogP contribution in [0.25, 0.3) is 0 Å². The molecular formula is C16H17ClN2O5. The second-order valence-electron chi connectivity index (χ2n) is 5.48. The maximum atomic E-state index is 11.8. The van der Waals surface area contributed by atoms with Crippen LogP contribution in [0.2, 0.25) is 5.02 Å². The van der Waals surface area contributed by atoms with Gasteiger partial charge in [0.25, 0.3) is 5.79 Å². The Labute approximate surface area is 144 Å². The molecule has 7 nitrogen and oxygen atoms in total. The number of hydrogen-bond acceptors (Lipinski definition) is 6. The van der Waals surface area contributed by atoms with E-state index in [1.54, 1.807) is 25.1 Å². The minimum absolute atomic E-state index is 0.157. The van der Waals surface area contributed by atoms with Gasteiger partial charge in [-0.15, -0.1) is 0 Å². The van der Waals surface area contributed by atoms with Crippen molar-refractivity contribution in [2.75, 3.05) is 10.6 Å². The third-order valence-electron chi connectivity index (χ3n) is 3.06. The number of rotatable bonds is 4. The van der Waals surface area contributed by atoms with Gasteiger partial charge in [0.15, 0.2) is 5.57 Å². The summed E-state index contributed by atoms with van der Waals surface area (Å²) in [6.07, 6.45) is 1.53. The van der Waals surface area contributed by atoms with Crippen LogP contribution in [-0.4, -0.2) is 23.6 Å². The molecule has 1 aliphatic rings. The van der Waals surface area contributed by atoms with Crippen LogP contribution in [0.4, 0.5) is 11.4 Å². The summed E-state index contributed by atoms with van der Waals surface area (Å²) in [7, 11) is 0. The highest BCUT2D eigenvalue weighted by molar-refractivity contribution is 6.34. The predicted octanol–water partition coefficient (Wildman–Crippen LogP) is 2.82. The van der Waals surface area contributed by atoms with Gasteiger partial charge in [-0.1, -0.05) is 18.5 Å². The van der Waals surface area contributed by atoms with Gasteiger partial charge >= 0.3 is 11.9 Å². The van der Waals surface area contributed by atoms with Gasteiger partial charge in [-0.2, -0.15) is 0 Å². The number of nitrogens with one attached hydrogen (secondary N) is 2. The van der Waals surface area contributed by atoms with Crippen molar-refractivity contribution >= 4 is 40.8 Å². The van der Waals surface area contributed by atoms with Crippen LogP contribution in [0.3, 0.4) is 0 Å². The average Bonchev–Trinajstić information content (AvgIpc) is 2.47. The zero-order valence-corrected chi connectivity index (χ0v) is 14.2. The fraction of sp³-hybridized carbons (Fsp3) is 0.312. The highest BCUT2D eigenvalue weighted by Crippen LogP contribution is 2.27. The lowest BCUT2D eigenvalue weighted by Crippen LogP contribution is -2.42. The summed E-state index contributed by atoms with van der Waals surface area (Å²) in [5.74, 6) is -2.99. The first-order valence-electron chi connectivity index (χ1n) is 7.24. The van der Waals surface area contributed by atoms with Crippen molar-refractivity contribution in [3.05, 3.63) is 35.0 Å². The first-order chi connectivity index (χ1) is 11.2. The number of cyclic esters (lactones) is 2.